The van der Waals surface area contributed by atoms with Crippen LogP contribution < -0.4 is 10.6 Å². The zero-order valence-corrected chi connectivity index (χ0v) is 37.3. The van der Waals surface area contributed by atoms with Crippen molar-refractivity contribution < 1.29 is 33.4 Å². The number of carbonyl (C=O) groups is 4. The van der Waals surface area contributed by atoms with E-state index in [0.717, 1.165) is 52.9 Å². The summed E-state index contributed by atoms with van der Waals surface area (Å²) in [5.74, 6) is 1.14. The Morgan fingerprint density at radius 3 is 2.03 bits per heavy atom. The zero-order chi connectivity index (χ0) is 45.1. The molecule has 4 heterocycles. The third-order valence-corrected chi connectivity index (χ3v) is 12.7. The molecule has 5 aromatic rings. The molecule has 15 nitrogen and oxygen atoms in total. The van der Waals surface area contributed by atoms with Gasteiger partial charge in [-0.25, -0.2) is 19.6 Å². The standard InChI is InChI=1S/C49H58N8O7/c1-29(2)41(54-47(60)63-6)45(59)57-27-31(28-62-5)23-49(57,4)46-51-25-39(53-46)35-18-14-33(15-19-35)32-12-16-34(17-13-32)38-24-50-43(52-38)40-22-30(3)26-56(40)44(58)42(36-10-8-7-9-11-36)55-48(61)64-37-20-21-37/h7-19,24-25,29-31,37,40-42H,20-23,26-28H2,1-6H3,(H,50,52)(H,51,53)(H,54,60)(H,55,61)/t30-,31-,40-,41-,42+,49-/m0/s1. The predicted molar refractivity (Wildman–Crippen MR) is 240 cm³/mol. The van der Waals surface area contributed by atoms with Gasteiger partial charge in [0.15, 0.2) is 0 Å². The summed E-state index contributed by atoms with van der Waals surface area (Å²) in [6, 6.07) is 23.9. The van der Waals surface area contributed by atoms with Gasteiger partial charge in [-0.2, -0.15) is 0 Å². The van der Waals surface area contributed by atoms with Crippen molar-refractivity contribution >= 4 is 24.0 Å². The number of aromatic nitrogens is 4. The molecule has 4 amide bonds. The predicted octanol–water partition coefficient (Wildman–Crippen LogP) is 7.76. The molecule has 2 saturated heterocycles. The van der Waals surface area contributed by atoms with Crippen molar-refractivity contribution in [1.82, 2.24) is 40.4 Å². The number of methoxy groups -OCH3 is 2. The molecular weight excluding hydrogens is 813 g/mol. The van der Waals surface area contributed by atoms with Gasteiger partial charge in [0.25, 0.3) is 5.91 Å². The molecule has 2 aromatic heterocycles. The number of rotatable bonds is 14. The van der Waals surface area contributed by atoms with E-state index in [2.05, 4.69) is 63.9 Å². The van der Waals surface area contributed by atoms with Gasteiger partial charge >= 0.3 is 12.2 Å². The molecule has 4 N–H and O–H groups in total. The number of amides is 4. The van der Waals surface area contributed by atoms with E-state index in [4.69, 9.17) is 24.2 Å². The highest BCUT2D eigenvalue weighted by molar-refractivity contribution is 5.88. The van der Waals surface area contributed by atoms with E-state index in [1.54, 1.807) is 13.3 Å². The van der Waals surface area contributed by atoms with Crippen LogP contribution in [0.4, 0.5) is 9.59 Å². The first-order valence-corrected chi connectivity index (χ1v) is 22.1. The van der Waals surface area contributed by atoms with Gasteiger partial charge in [0, 0.05) is 26.1 Å². The summed E-state index contributed by atoms with van der Waals surface area (Å²) in [7, 11) is 2.94. The van der Waals surface area contributed by atoms with Crippen molar-refractivity contribution in [3.8, 4) is 33.6 Å². The second-order valence-corrected chi connectivity index (χ2v) is 18.0. The number of benzene rings is 3. The van der Waals surface area contributed by atoms with E-state index in [9.17, 15) is 19.2 Å². The normalized spacial score (nSPS) is 21.7. The summed E-state index contributed by atoms with van der Waals surface area (Å²) >= 11 is 0. The summed E-state index contributed by atoms with van der Waals surface area (Å²) in [6.07, 6.45) is 5.37. The molecule has 3 fully saturated rings. The minimum atomic E-state index is -0.881. The van der Waals surface area contributed by atoms with Gasteiger partial charge in [0.05, 0.1) is 49.1 Å². The van der Waals surface area contributed by atoms with Crippen molar-refractivity contribution in [3.63, 3.8) is 0 Å². The highest BCUT2D eigenvalue weighted by Crippen LogP contribution is 2.42. The molecule has 64 heavy (non-hydrogen) atoms. The minimum absolute atomic E-state index is 0.0799. The number of nitrogens with one attached hydrogen (secondary N) is 4. The average Bonchev–Trinajstić information content (AvgIpc) is 3.67. The monoisotopic (exact) mass is 870 g/mol. The number of hydrogen-bond donors (Lipinski definition) is 4. The van der Waals surface area contributed by atoms with Crippen molar-refractivity contribution in [2.24, 2.45) is 17.8 Å². The Hall–Kier alpha value is -6.48. The van der Waals surface area contributed by atoms with E-state index in [1.165, 1.54) is 7.11 Å². The van der Waals surface area contributed by atoms with Crippen molar-refractivity contribution in [2.45, 2.75) is 83.1 Å². The summed E-state index contributed by atoms with van der Waals surface area (Å²) in [5, 5.41) is 5.58. The number of likely N-dealkylation sites (tertiary alicyclic amines) is 2. The van der Waals surface area contributed by atoms with Crippen LogP contribution in [0.25, 0.3) is 33.6 Å². The topological polar surface area (TPSA) is 184 Å². The maximum atomic E-state index is 14.2. The van der Waals surface area contributed by atoms with Gasteiger partial charge in [-0.15, -0.1) is 0 Å². The first-order valence-electron chi connectivity index (χ1n) is 22.1. The van der Waals surface area contributed by atoms with Crippen LogP contribution in [0.3, 0.4) is 0 Å². The summed E-state index contributed by atoms with van der Waals surface area (Å²) in [5.41, 5.74) is 5.59. The third-order valence-electron chi connectivity index (χ3n) is 12.7. The molecule has 3 aromatic carbocycles. The quantitative estimate of drug-likeness (QED) is 0.0866. The van der Waals surface area contributed by atoms with Crippen LogP contribution in [0.2, 0.25) is 0 Å². The van der Waals surface area contributed by atoms with E-state index in [0.29, 0.717) is 43.3 Å². The molecule has 336 valence electrons. The van der Waals surface area contributed by atoms with Crippen LogP contribution in [-0.2, 0) is 29.3 Å². The van der Waals surface area contributed by atoms with E-state index >= 15 is 0 Å². The molecule has 15 heteroatoms. The maximum absolute atomic E-state index is 14.2. The lowest BCUT2D eigenvalue weighted by Crippen LogP contribution is -2.55. The van der Waals surface area contributed by atoms with Gasteiger partial charge in [-0.05, 0) is 72.3 Å². The third kappa shape index (κ3) is 9.40. The number of carbonyl (C=O) groups excluding carboxylic acids is 4. The number of aromatic amines is 2. The van der Waals surface area contributed by atoms with E-state index in [1.807, 2.05) is 79.2 Å². The number of nitrogens with zero attached hydrogens (tertiary/aromatic N) is 4. The highest BCUT2D eigenvalue weighted by atomic mass is 16.6. The molecule has 0 spiro atoms. The van der Waals surface area contributed by atoms with Crippen LogP contribution in [0, 0.1) is 17.8 Å². The first kappa shape index (κ1) is 44.1. The number of hydrogen-bond acceptors (Lipinski definition) is 9. The maximum Gasteiger partial charge on any atom is 0.408 e. The Balaban J connectivity index is 0.952. The largest absolute Gasteiger partial charge is 0.453 e. The number of alkyl carbamates (subject to hydrolysis) is 2. The smallest absolute Gasteiger partial charge is 0.408 e. The van der Waals surface area contributed by atoms with Crippen molar-refractivity contribution in [3.05, 3.63) is 108 Å². The molecule has 1 saturated carbocycles. The van der Waals surface area contributed by atoms with Crippen LogP contribution in [0.1, 0.15) is 82.7 Å². The molecule has 1 aliphatic carbocycles. The Bertz CT molecular complexity index is 2430. The zero-order valence-electron chi connectivity index (χ0n) is 37.3. The lowest BCUT2D eigenvalue weighted by molar-refractivity contribution is -0.139. The number of imidazole rings is 2. The SMILES string of the molecule is COC[C@@H]1CN(C(=O)[C@@H](NC(=O)OC)C(C)C)[C@](C)(c2ncc(-c3ccc(-c4ccc(-c5cnc([C@@H]6C[C@H](C)CN6C(=O)[C@H](NC(=O)OC6CC6)c6ccccc6)[nH]5)cc4)cc3)[nH]2)C1. The second-order valence-electron chi connectivity index (χ2n) is 18.0. The van der Waals surface area contributed by atoms with Crippen LogP contribution >= 0.6 is 0 Å². The molecule has 8 rings (SSSR count). The Kier molecular flexibility index (Phi) is 12.9. The number of H-pyrrole nitrogens is 2. The first-order chi connectivity index (χ1) is 30.8. The van der Waals surface area contributed by atoms with E-state index < -0.39 is 29.8 Å². The van der Waals surface area contributed by atoms with E-state index in [-0.39, 0.29) is 41.7 Å². The average molecular weight is 871 g/mol. The fourth-order valence-electron chi connectivity index (χ4n) is 9.18. The van der Waals surface area contributed by atoms with Crippen molar-refractivity contribution in [2.75, 3.05) is 33.9 Å². The fourth-order valence-corrected chi connectivity index (χ4v) is 9.18. The molecular formula is C49H58N8O7. The Labute approximate surface area is 373 Å². The molecule has 3 aliphatic rings. The summed E-state index contributed by atoms with van der Waals surface area (Å²) < 4.78 is 15.8. The summed E-state index contributed by atoms with van der Waals surface area (Å²) in [6.45, 7) is 9.43. The fraction of sp³-hybridized carbons (Fsp3) is 0.429. The lowest BCUT2D eigenvalue weighted by atomic mass is 9.92. The molecule has 0 bridgehead atoms. The number of ether oxygens (including phenoxy) is 3. The minimum Gasteiger partial charge on any atom is -0.453 e. The van der Waals surface area contributed by atoms with Crippen LogP contribution in [-0.4, -0.2) is 99.8 Å². The Morgan fingerprint density at radius 1 is 0.797 bits per heavy atom. The molecule has 0 unspecified atom stereocenters. The van der Waals surface area contributed by atoms with Gasteiger partial charge < -0.3 is 44.6 Å². The second kappa shape index (κ2) is 18.7. The van der Waals surface area contributed by atoms with Gasteiger partial charge in [-0.1, -0.05) is 99.6 Å². The highest BCUT2D eigenvalue weighted by Gasteiger charge is 2.50. The molecule has 2 aliphatic heterocycles. The van der Waals surface area contributed by atoms with Crippen molar-refractivity contribution in [1.29, 1.82) is 0 Å². The lowest BCUT2D eigenvalue weighted by Gasteiger charge is -2.37. The van der Waals surface area contributed by atoms with Gasteiger partial charge in [0.2, 0.25) is 5.91 Å². The van der Waals surface area contributed by atoms with Crippen LogP contribution in [0.5, 0.6) is 0 Å². The van der Waals surface area contributed by atoms with Gasteiger partial charge in [0.1, 0.15) is 29.8 Å². The van der Waals surface area contributed by atoms with Crippen LogP contribution in [0.15, 0.2) is 91.3 Å². The van der Waals surface area contributed by atoms with Gasteiger partial charge in [-0.3, -0.25) is 9.59 Å². The summed E-state index contributed by atoms with van der Waals surface area (Å²) in [4.78, 5) is 73.5. The molecule has 0 radical (unpaired) electrons. The Morgan fingerprint density at radius 2 is 1.42 bits per heavy atom. The molecule has 6 atom stereocenters.